The molecule has 2 heteroatoms. The Morgan fingerprint density at radius 3 is 1.56 bits per heavy atom. The van der Waals surface area contributed by atoms with Crippen molar-refractivity contribution in [3.63, 3.8) is 0 Å². The molecule has 0 aromatic rings. The van der Waals surface area contributed by atoms with Crippen molar-refractivity contribution in [2.45, 2.75) is 116 Å². The SMILES string of the molecule is CCCCCC=CCC=CCCCCCCCCCCCCC(=O)O. The molecule has 0 unspecified atom stereocenters. The van der Waals surface area contributed by atoms with Gasteiger partial charge in [-0.2, -0.15) is 0 Å². The van der Waals surface area contributed by atoms with Crippen molar-refractivity contribution >= 4 is 5.97 Å². The highest BCUT2D eigenvalue weighted by Gasteiger charge is 1.96. The quantitative estimate of drug-likeness (QED) is 0.190. The molecule has 25 heavy (non-hydrogen) atoms. The zero-order valence-corrected chi connectivity index (χ0v) is 16.7. The molecule has 0 aromatic carbocycles. The second kappa shape index (κ2) is 21.0. The van der Waals surface area contributed by atoms with Gasteiger partial charge >= 0.3 is 5.97 Å². The van der Waals surface area contributed by atoms with Crippen LogP contribution in [0.1, 0.15) is 116 Å². The fraction of sp³-hybridized carbons (Fsp3) is 0.783. The zero-order chi connectivity index (χ0) is 18.4. The highest BCUT2D eigenvalue weighted by Crippen LogP contribution is 2.12. The predicted molar refractivity (Wildman–Crippen MR) is 110 cm³/mol. The first kappa shape index (κ1) is 23.9. The van der Waals surface area contributed by atoms with Gasteiger partial charge in [0.15, 0.2) is 0 Å². The van der Waals surface area contributed by atoms with Gasteiger partial charge in [-0.1, -0.05) is 95.4 Å². The molecule has 0 heterocycles. The van der Waals surface area contributed by atoms with Crippen LogP contribution in [-0.2, 0) is 4.79 Å². The Hall–Kier alpha value is -1.05. The van der Waals surface area contributed by atoms with Gasteiger partial charge < -0.3 is 5.11 Å². The Morgan fingerprint density at radius 1 is 0.640 bits per heavy atom. The van der Waals surface area contributed by atoms with Crippen LogP contribution in [0.15, 0.2) is 24.3 Å². The lowest BCUT2D eigenvalue weighted by Gasteiger charge is -2.01. The van der Waals surface area contributed by atoms with Gasteiger partial charge in [-0.05, 0) is 38.5 Å². The zero-order valence-electron chi connectivity index (χ0n) is 16.7. The van der Waals surface area contributed by atoms with Crippen LogP contribution in [0.3, 0.4) is 0 Å². The first-order chi connectivity index (χ1) is 12.3. The number of carbonyl (C=O) groups is 1. The van der Waals surface area contributed by atoms with Gasteiger partial charge in [-0.3, -0.25) is 4.79 Å². The summed E-state index contributed by atoms with van der Waals surface area (Å²) < 4.78 is 0. The number of hydrogen-bond donors (Lipinski definition) is 1. The van der Waals surface area contributed by atoms with E-state index < -0.39 is 5.97 Å². The lowest BCUT2D eigenvalue weighted by Crippen LogP contribution is -1.93. The lowest BCUT2D eigenvalue weighted by molar-refractivity contribution is -0.137. The van der Waals surface area contributed by atoms with Gasteiger partial charge in [0.05, 0.1) is 0 Å². The monoisotopic (exact) mass is 350 g/mol. The van der Waals surface area contributed by atoms with E-state index in [0.717, 1.165) is 19.3 Å². The van der Waals surface area contributed by atoms with E-state index in [9.17, 15) is 4.79 Å². The molecule has 0 saturated carbocycles. The molecule has 0 fully saturated rings. The molecule has 146 valence electrons. The van der Waals surface area contributed by atoms with Gasteiger partial charge in [-0.25, -0.2) is 0 Å². The molecule has 0 aliphatic heterocycles. The third kappa shape index (κ3) is 22.9. The molecular weight excluding hydrogens is 308 g/mol. The summed E-state index contributed by atoms with van der Waals surface area (Å²) in [6.07, 6.45) is 29.6. The molecule has 0 amide bonds. The molecule has 0 aromatic heterocycles. The maximum absolute atomic E-state index is 10.4. The van der Waals surface area contributed by atoms with Crippen LogP contribution in [0.25, 0.3) is 0 Å². The number of aliphatic carboxylic acids is 1. The third-order valence-electron chi connectivity index (χ3n) is 4.59. The second-order valence-corrected chi connectivity index (χ2v) is 7.14. The van der Waals surface area contributed by atoms with Crippen molar-refractivity contribution in [1.82, 2.24) is 0 Å². The standard InChI is InChI=1S/C23H42O2/c1-2-3-4-5-6-7-8-9-10-11-12-13-14-15-16-17-18-19-20-21-22-23(24)25/h6-7,9-10H,2-5,8,11-22H2,1H3,(H,24,25). The van der Waals surface area contributed by atoms with Crippen molar-refractivity contribution in [1.29, 1.82) is 0 Å². The Balaban J connectivity index is 3.13. The molecule has 0 aliphatic carbocycles. The second-order valence-electron chi connectivity index (χ2n) is 7.14. The van der Waals surface area contributed by atoms with Crippen LogP contribution in [0.4, 0.5) is 0 Å². The van der Waals surface area contributed by atoms with E-state index in [1.165, 1.54) is 83.5 Å². The summed E-state index contributed by atoms with van der Waals surface area (Å²) in [6, 6.07) is 0. The van der Waals surface area contributed by atoms with E-state index in [-0.39, 0.29) is 0 Å². The normalized spacial score (nSPS) is 11.7. The Bertz CT molecular complexity index is 331. The summed E-state index contributed by atoms with van der Waals surface area (Å²) in [6.45, 7) is 2.25. The van der Waals surface area contributed by atoms with Crippen molar-refractivity contribution < 1.29 is 9.90 Å². The molecule has 1 N–H and O–H groups in total. The highest BCUT2D eigenvalue weighted by molar-refractivity contribution is 5.66. The Morgan fingerprint density at radius 2 is 1.08 bits per heavy atom. The number of carboxylic acid groups (broad SMARTS) is 1. The van der Waals surface area contributed by atoms with Crippen molar-refractivity contribution in [2.24, 2.45) is 0 Å². The molecule has 0 atom stereocenters. The number of hydrogen-bond acceptors (Lipinski definition) is 1. The molecule has 2 nitrogen and oxygen atoms in total. The van der Waals surface area contributed by atoms with Crippen LogP contribution >= 0.6 is 0 Å². The Kier molecular flexibility index (Phi) is 20.1. The van der Waals surface area contributed by atoms with Gasteiger partial charge in [0.2, 0.25) is 0 Å². The molecule has 0 radical (unpaired) electrons. The lowest BCUT2D eigenvalue weighted by atomic mass is 10.1. The minimum atomic E-state index is -0.659. The van der Waals surface area contributed by atoms with Crippen molar-refractivity contribution in [3.8, 4) is 0 Å². The number of allylic oxidation sites excluding steroid dienone is 4. The largest absolute Gasteiger partial charge is 0.481 e. The number of rotatable bonds is 19. The van der Waals surface area contributed by atoms with Crippen LogP contribution in [0.5, 0.6) is 0 Å². The number of unbranched alkanes of at least 4 members (excludes halogenated alkanes) is 13. The molecule has 0 aliphatic rings. The first-order valence-electron chi connectivity index (χ1n) is 10.8. The Labute approximate surface area is 156 Å². The minimum Gasteiger partial charge on any atom is -0.481 e. The average molecular weight is 351 g/mol. The first-order valence-corrected chi connectivity index (χ1v) is 10.8. The predicted octanol–water partition coefficient (Wildman–Crippen LogP) is 7.84. The van der Waals surface area contributed by atoms with E-state index >= 15 is 0 Å². The summed E-state index contributed by atoms with van der Waals surface area (Å²) in [5, 5.41) is 8.56. The molecule has 0 spiro atoms. The summed E-state index contributed by atoms with van der Waals surface area (Å²) in [7, 11) is 0. The van der Waals surface area contributed by atoms with E-state index in [2.05, 4.69) is 31.2 Å². The van der Waals surface area contributed by atoms with Gasteiger partial charge in [0.25, 0.3) is 0 Å². The van der Waals surface area contributed by atoms with Crippen molar-refractivity contribution in [2.75, 3.05) is 0 Å². The summed E-state index contributed by atoms with van der Waals surface area (Å²) in [5.74, 6) is -0.659. The maximum atomic E-state index is 10.4. The van der Waals surface area contributed by atoms with Gasteiger partial charge in [0.1, 0.15) is 0 Å². The summed E-state index contributed by atoms with van der Waals surface area (Å²) >= 11 is 0. The summed E-state index contributed by atoms with van der Waals surface area (Å²) in [4.78, 5) is 10.4. The van der Waals surface area contributed by atoms with E-state index in [1.54, 1.807) is 0 Å². The van der Waals surface area contributed by atoms with Crippen LogP contribution in [0.2, 0.25) is 0 Å². The molecule has 0 bridgehead atoms. The summed E-state index contributed by atoms with van der Waals surface area (Å²) in [5.41, 5.74) is 0. The number of carboxylic acids is 1. The van der Waals surface area contributed by atoms with Crippen LogP contribution in [-0.4, -0.2) is 11.1 Å². The highest BCUT2D eigenvalue weighted by atomic mass is 16.4. The minimum absolute atomic E-state index is 0.337. The van der Waals surface area contributed by atoms with Gasteiger partial charge in [0, 0.05) is 6.42 Å². The topological polar surface area (TPSA) is 37.3 Å². The third-order valence-corrected chi connectivity index (χ3v) is 4.59. The fourth-order valence-electron chi connectivity index (χ4n) is 2.97. The maximum Gasteiger partial charge on any atom is 0.303 e. The van der Waals surface area contributed by atoms with Crippen LogP contribution < -0.4 is 0 Å². The van der Waals surface area contributed by atoms with E-state index in [0.29, 0.717) is 6.42 Å². The van der Waals surface area contributed by atoms with E-state index in [4.69, 9.17) is 5.11 Å². The van der Waals surface area contributed by atoms with Gasteiger partial charge in [-0.15, -0.1) is 0 Å². The van der Waals surface area contributed by atoms with Crippen LogP contribution in [0, 0.1) is 0 Å². The van der Waals surface area contributed by atoms with E-state index in [1.807, 2.05) is 0 Å². The smallest absolute Gasteiger partial charge is 0.303 e. The van der Waals surface area contributed by atoms with Crippen molar-refractivity contribution in [3.05, 3.63) is 24.3 Å². The molecule has 0 saturated heterocycles. The average Bonchev–Trinajstić information content (AvgIpc) is 2.60. The fourth-order valence-corrected chi connectivity index (χ4v) is 2.97. The molecular formula is C23H42O2. The molecule has 0 rings (SSSR count).